The van der Waals surface area contributed by atoms with Gasteiger partial charge in [0, 0.05) is 12.1 Å². The Hall–Kier alpha value is -1.29. The summed E-state index contributed by atoms with van der Waals surface area (Å²) in [6.07, 6.45) is 9.19. The first-order valence-electron chi connectivity index (χ1n) is 7.58. The lowest BCUT2D eigenvalue weighted by Gasteiger charge is -2.22. The zero-order valence-corrected chi connectivity index (χ0v) is 12.8. The molecule has 1 N–H and O–H groups in total. The quantitative estimate of drug-likeness (QED) is 0.789. The molecule has 1 aromatic carbocycles. The van der Waals surface area contributed by atoms with E-state index >= 15 is 0 Å². The molecule has 1 aromatic heterocycles. The Labute approximate surface area is 125 Å². The van der Waals surface area contributed by atoms with Crippen molar-refractivity contribution in [2.24, 2.45) is 0 Å². The first kappa shape index (κ1) is 13.7. The van der Waals surface area contributed by atoms with Gasteiger partial charge in [-0.15, -0.1) is 0 Å². The van der Waals surface area contributed by atoms with Crippen molar-refractivity contribution in [2.45, 2.75) is 51.0 Å². The fourth-order valence-corrected chi connectivity index (χ4v) is 3.64. The first-order valence-corrected chi connectivity index (χ1v) is 7.98. The van der Waals surface area contributed by atoms with Crippen molar-refractivity contribution in [3.8, 4) is 5.75 Å². The Bertz CT molecular complexity index is 635. The standard InChI is InChI=1S/C16H22N2OS/c1-19-13-9-10-14-15(11-13)18(16(20)17-14)12-7-5-3-2-4-6-8-12/h9-12H,2-8H2,1H3,(H,17,20). The zero-order chi connectivity index (χ0) is 13.9. The number of nitrogens with one attached hydrogen (secondary N) is 1. The monoisotopic (exact) mass is 290 g/mol. The molecular formula is C16H22N2OS. The molecule has 1 aliphatic rings. The van der Waals surface area contributed by atoms with Gasteiger partial charge in [0.1, 0.15) is 5.75 Å². The number of benzene rings is 1. The van der Waals surface area contributed by atoms with Crippen LogP contribution in [0, 0.1) is 4.77 Å². The van der Waals surface area contributed by atoms with Crippen LogP contribution in [0.15, 0.2) is 18.2 Å². The lowest BCUT2D eigenvalue weighted by atomic mass is 9.96. The number of hydrogen-bond donors (Lipinski definition) is 1. The molecule has 3 nitrogen and oxygen atoms in total. The summed E-state index contributed by atoms with van der Waals surface area (Å²) < 4.78 is 8.52. The summed E-state index contributed by atoms with van der Waals surface area (Å²) in [6.45, 7) is 0. The van der Waals surface area contributed by atoms with E-state index in [9.17, 15) is 0 Å². The molecule has 0 radical (unpaired) electrons. The van der Waals surface area contributed by atoms with E-state index in [1.54, 1.807) is 7.11 Å². The predicted molar refractivity (Wildman–Crippen MR) is 85.0 cm³/mol. The Morgan fingerprint density at radius 2 is 1.85 bits per heavy atom. The minimum Gasteiger partial charge on any atom is -0.497 e. The molecule has 2 aromatic rings. The number of aromatic nitrogens is 2. The molecule has 0 bridgehead atoms. The molecule has 0 saturated heterocycles. The maximum Gasteiger partial charge on any atom is 0.178 e. The van der Waals surface area contributed by atoms with Gasteiger partial charge in [-0.2, -0.15) is 0 Å². The summed E-state index contributed by atoms with van der Waals surface area (Å²) in [5, 5.41) is 0. The maximum absolute atomic E-state index is 5.56. The van der Waals surface area contributed by atoms with Gasteiger partial charge in [0.15, 0.2) is 4.77 Å². The summed E-state index contributed by atoms with van der Waals surface area (Å²) >= 11 is 5.56. The molecule has 1 aliphatic carbocycles. The molecule has 20 heavy (non-hydrogen) atoms. The zero-order valence-electron chi connectivity index (χ0n) is 12.0. The number of methoxy groups -OCH3 is 1. The molecule has 0 spiro atoms. The third kappa shape index (κ3) is 2.62. The van der Waals surface area contributed by atoms with Crippen LogP contribution in [0.25, 0.3) is 11.0 Å². The maximum atomic E-state index is 5.56. The summed E-state index contributed by atoms with van der Waals surface area (Å²) in [5.41, 5.74) is 2.29. The van der Waals surface area contributed by atoms with Gasteiger partial charge in [0.05, 0.1) is 18.1 Å². The topological polar surface area (TPSA) is 29.9 Å². The Morgan fingerprint density at radius 1 is 1.15 bits per heavy atom. The van der Waals surface area contributed by atoms with Crippen LogP contribution in [-0.4, -0.2) is 16.7 Å². The molecule has 0 atom stereocenters. The van der Waals surface area contributed by atoms with E-state index in [1.807, 2.05) is 6.07 Å². The average Bonchev–Trinajstić information content (AvgIpc) is 2.74. The van der Waals surface area contributed by atoms with Crippen LogP contribution in [-0.2, 0) is 0 Å². The molecule has 0 unspecified atom stereocenters. The molecule has 108 valence electrons. The van der Waals surface area contributed by atoms with Crippen LogP contribution in [0.4, 0.5) is 0 Å². The van der Waals surface area contributed by atoms with Crippen molar-refractivity contribution in [1.29, 1.82) is 0 Å². The summed E-state index contributed by atoms with van der Waals surface area (Å²) in [7, 11) is 1.71. The van der Waals surface area contributed by atoms with Crippen LogP contribution >= 0.6 is 12.2 Å². The number of aromatic amines is 1. The second-order valence-electron chi connectivity index (χ2n) is 5.68. The van der Waals surface area contributed by atoms with Crippen molar-refractivity contribution in [2.75, 3.05) is 7.11 Å². The number of H-pyrrole nitrogens is 1. The lowest BCUT2D eigenvalue weighted by molar-refractivity contribution is 0.375. The Kier molecular flexibility index (Phi) is 4.10. The van der Waals surface area contributed by atoms with Crippen molar-refractivity contribution in [1.82, 2.24) is 9.55 Å². The summed E-state index contributed by atoms with van der Waals surface area (Å²) in [5.74, 6) is 0.895. The SMILES string of the molecule is COc1ccc2[nH]c(=S)n(C3CCCCCCC3)c2c1. The van der Waals surface area contributed by atoms with Gasteiger partial charge < -0.3 is 14.3 Å². The molecule has 4 heteroatoms. The number of fused-ring (bicyclic) bond motifs is 1. The third-order valence-corrected chi connectivity index (χ3v) is 4.66. The number of nitrogens with zero attached hydrogens (tertiary/aromatic N) is 1. The average molecular weight is 290 g/mol. The van der Waals surface area contributed by atoms with E-state index in [-0.39, 0.29) is 0 Å². The van der Waals surface area contributed by atoms with Gasteiger partial charge in [0.25, 0.3) is 0 Å². The van der Waals surface area contributed by atoms with Crippen molar-refractivity contribution in [3.63, 3.8) is 0 Å². The highest BCUT2D eigenvalue weighted by atomic mass is 32.1. The first-order chi connectivity index (χ1) is 9.79. The normalized spacial score (nSPS) is 17.9. The van der Waals surface area contributed by atoms with Crippen LogP contribution in [0.1, 0.15) is 51.0 Å². The minimum absolute atomic E-state index is 0.531. The highest BCUT2D eigenvalue weighted by molar-refractivity contribution is 7.71. The van der Waals surface area contributed by atoms with E-state index in [2.05, 4.69) is 21.7 Å². The smallest absolute Gasteiger partial charge is 0.178 e. The van der Waals surface area contributed by atoms with Crippen LogP contribution in [0.5, 0.6) is 5.75 Å². The third-order valence-electron chi connectivity index (χ3n) is 4.36. The van der Waals surface area contributed by atoms with Gasteiger partial charge in [0.2, 0.25) is 0 Å². The number of imidazole rings is 1. The van der Waals surface area contributed by atoms with Crippen LogP contribution in [0.2, 0.25) is 0 Å². The predicted octanol–water partition coefficient (Wildman–Crippen LogP) is 4.99. The number of hydrogen-bond acceptors (Lipinski definition) is 2. The summed E-state index contributed by atoms with van der Waals surface area (Å²) in [4.78, 5) is 3.33. The van der Waals surface area contributed by atoms with Crippen LogP contribution < -0.4 is 4.74 Å². The molecule has 0 aliphatic heterocycles. The number of rotatable bonds is 2. The van der Waals surface area contributed by atoms with Crippen LogP contribution in [0.3, 0.4) is 0 Å². The van der Waals surface area contributed by atoms with E-state index in [1.165, 1.54) is 50.5 Å². The van der Waals surface area contributed by atoms with Gasteiger partial charge >= 0.3 is 0 Å². The van der Waals surface area contributed by atoms with Gasteiger partial charge in [-0.25, -0.2) is 0 Å². The van der Waals surface area contributed by atoms with E-state index in [4.69, 9.17) is 17.0 Å². The molecular weight excluding hydrogens is 268 g/mol. The van der Waals surface area contributed by atoms with Crippen molar-refractivity contribution < 1.29 is 4.74 Å². The summed E-state index contributed by atoms with van der Waals surface area (Å²) in [6, 6.07) is 6.67. The molecule has 1 saturated carbocycles. The van der Waals surface area contributed by atoms with E-state index < -0.39 is 0 Å². The second-order valence-corrected chi connectivity index (χ2v) is 6.07. The Balaban J connectivity index is 2.03. The largest absolute Gasteiger partial charge is 0.497 e. The fourth-order valence-electron chi connectivity index (χ4n) is 3.28. The molecule has 1 fully saturated rings. The van der Waals surface area contributed by atoms with E-state index in [0.717, 1.165) is 16.0 Å². The molecule has 1 heterocycles. The second kappa shape index (κ2) is 6.00. The van der Waals surface area contributed by atoms with Gasteiger partial charge in [-0.05, 0) is 37.2 Å². The lowest BCUT2D eigenvalue weighted by Crippen LogP contribution is -2.11. The van der Waals surface area contributed by atoms with Crippen molar-refractivity contribution in [3.05, 3.63) is 23.0 Å². The fraction of sp³-hybridized carbons (Fsp3) is 0.562. The van der Waals surface area contributed by atoms with Gasteiger partial charge in [-0.1, -0.05) is 32.1 Å². The highest BCUT2D eigenvalue weighted by Gasteiger charge is 2.17. The van der Waals surface area contributed by atoms with Gasteiger partial charge in [-0.3, -0.25) is 0 Å². The minimum atomic E-state index is 0.531. The molecule has 0 amide bonds. The highest BCUT2D eigenvalue weighted by Crippen LogP contribution is 2.31. The molecule has 3 rings (SSSR count). The van der Waals surface area contributed by atoms with E-state index in [0.29, 0.717) is 6.04 Å². The Morgan fingerprint density at radius 3 is 2.55 bits per heavy atom. The van der Waals surface area contributed by atoms with Crippen molar-refractivity contribution >= 4 is 23.3 Å². The number of ether oxygens (including phenoxy) is 1.